The molecule has 0 bridgehead atoms. The molecule has 3 nitrogen and oxygen atoms in total. The third-order valence-electron chi connectivity index (χ3n) is 1.55. The van der Waals surface area contributed by atoms with Gasteiger partial charge < -0.3 is 0 Å². The normalized spacial score (nSPS) is 10.7. The van der Waals surface area contributed by atoms with Crippen molar-refractivity contribution in [2.24, 2.45) is 7.05 Å². The van der Waals surface area contributed by atoms with Crippen molar-refractivity contribution in [2.45, 2.75) is 0 Å². The minimum absolute atomic E-state index is 0.501. The topological polar surface area (TPSA) is 30.7 Å². The molecular formula is C7H6ClN3. The van der Waals surface area contributed by atoms with E-state index in [1.807, 2.05) is 13.1 Å². The Hall–Kier alpha value is -1.09. The van der Waals surface area contributed by atoms with Crippen molar-refractivity contribution in [3.63, 3.8) is 0 Å². The summed E-state index contributed by atoms with van der Waals surface area (Å²) in [5.74, 6) is 0. The van der Waals surface area contributed by atoms with Gasteiger partial charge in [-0.2, -0.15) is 5.10 Å². The molecule has 0 aromatic carbocycles. The van der Waals surface area contributed by atoms with Crippen LogP contribution < -0.4 is 0 Å². The van der Waals surface area contributed by atoms with Gasteiger partial charge in [-0.05, 0) is 12.1 Å². The number of pyridine rings is 1. The summed E-state index contributed by atoms with van der Waals surface area (Å²) >= 11 is 5.70. The first-order valence-electron chi connectivity index (χ1n) is 3.21. The first kappa shape index (κ1) is 6.61. The van der Waals surface area contributed by atoms with Crippen LogP contribution >= 0.6 is 11.6 Å². The van der Waals surface area contributed by atoms with Crippen LogP contribution in [0.5, 0.6) is 0 Å². The molecule has 0 N–H and O–H groups in total. The smallest absolute Gasteiger partial charge is 0.159 e. The van der Waals surface area contributed by atoms with Gasteiger partial charge in [-0.3, -0.25) is 4.68 Å². The largest absolute Gasteiger partial charge is 0.250 e. The Balaban J connectivity index is 2.87. The highest BCUT2D eigenvalue weighted by molar-refractivity contribution is 6.29. The van der Waals surface area contributed by atoms with E-state index >= 15 is 0 Å². The number of rotatable bonds is 0. The summed E-state index contributed by atoms with van der Waals surface area (Å²) in [7, 11) is 1.84. The molecule has 2 aromatic heterocycles. The van der Waals surface area contributed by atoms with E-state index in [-0.39, 0.29) is 0 Å². The molecule has 0 radical (unpaired) electrons. The standard InChI is InChI=1S/C7H6ClN3/c1-11-7-5(4-9-11)2-3-6(8)10-7/h2-4H,1H3. The van der Waals surface area contributed by atoms with Crippen LogP contribution in [0.1, 0.15) is 0 Å². The molecule has 2 aromatic rings. The molecular weight excluding hydrogens is 162 g/mol. The SMILES string of the molecule is Cn1ncc2ccc(Cl)nc21. The van der Waals surface area contributed by atoms with E-state index in [0.717, 1.165) is 11.0 Å². The molecule has 0 atom stereocenters. The molecule has 0 aliphatic heterocycles. The number of aromatic nitrogens is 3. The average Bonchev–Trinajstić information content (AvgIpc) is 2.33. The van der Waals surface area contributed by atoms with Crippen molar-refractivity contribution in [3.05, 3.63) is 23.5 Å². The number of hydrogen-bond donors (Lipinski definition) is 0. The number of fused-ring (bicyclic) bond motifs is 1. The van der Waals surface area contributed by atoms with Crippen molar-refractivity contribution < 1.29 is 0 Å². The summed E-state index contributed by atoms with van der Waals surface area (Å²) in [6, 6.07) is 3.66. The number of halogens is 1. The van der Waals surface area contributed by atoms with Crippen molar-refractivity contribution in [1.29, 1.82) is 0 Å². The Morgan fingerprint density at radius 1 is 1.45 bits per heavy atom. The number of nitrogens with zero attached hydrogens (tertiary/aromatic N) is 3. The summed E-state index contributed by atoms with van der Waals surface area (Å²) in [6.07, 6.45) is 1.76. The van der Waals surface area contributed by atoms with Crippen LogP contribution in [0.3, 0.4) is 0 Å². The third kappa shape index (κ3) is 0.973. The van der Waals surface area contributed by atoms with Gasteiger partial charge >= 0.3 is 0 Å². The summed E-state index contributed by atoms with van der Waals surface area (Å²) < 4.78 is 1.70. The van der Waals surface area contributed by atoms with Gasteiger partial charge in [0.15, 0.2) is 5.65 Å². The zero-order valence-electron chi connectivity index (χ0n) is 5.95. The molecule has 11 heavy (non-hydrogen) atoms. The highest BCUT2D eigenvalue weighted by Gasteiger charge is 1.99. The Bertz CT molecular complexity index is 393. The van der Waals surface area contributed by atoms with Crippen LogP contribution in [0.15, 0.2) is 18.3 Å². The van der Waals surface area contributed by atoms with E-state index < -0.39 is 0 Å². The molecule has 0 fully saturated rings. The third-order valence-corrected chi connectivity index (χ3v) is 1.76. The molecule has 56 valence electrons. The summed E-state index contributed by atoms with van der Waals surface area (Å²) in [5, 5.41) is 5.54. The zero-order valence-corrected chi connectivity index (χ0v) is 6.71. The van der Waals surface area contributed by atoms with E-state index in [2.05, 4.69) is 10.1 Å². The first-order chi connectivity index (χ1) is 5.27. The van der Waals surface area contributed by atoms with Crippen LogP contribution in [0, 0.1) is 0 Å². The second kappa shape index (κ2) is 2.20. The highest BCUT2D eigenvalue weighted by Crippen LogP contribution is 2.13. The van der Waals surface area contributed by atoms with Gasteiger partial charge in [0.05, 0.1) is 6.20 Å². The zero-order chi connectivity index (χ0) is 7.84. The van der Waals surface area contributed by atoms with E-state index in [9.17, 15) is 0 Å². The number of aryl methyl sites for hydroxylation is 1. The van der Waals surface area contributed by atoms with Crippen molar-refractivity contribution in [1.82, 2.24) is 14.8 Å². The second-order valence-electron chi connectivity index (χ2n) is 2.31. The lowest BCUT2D eigenvalue weighted by Crippen LogP contribution is -1.90. The fraction of sp³-hybridized carbons (Fsp3) is 0.143. The van der Waals surface area contributed by atoms with E-state index in [4.69, 9.17) is 11.6 Å². The Kier molecular flexibility index (Phi) is 1.32. The fourth-order valence-electron chi connectivity index (χ4n) is 1.000. The van der Waals surface area contributed by atoms with Crippen molar-refractivity contribution >= 4 is 22.6 Å². The maximum Gasteiger partial charge on any atom is 0.159 e. The van der Waals surface area contributed by atoms with E-state index in [1.165, 1.54) is 0 Å². The molecule has 0 aliphatic rings. The Morgan fingerprint density at radius 3 is 3.09 bits per heavy atom. The van der Waals surface area contributed by atoms with Gasteiger partial charge in [-0.25, -0.2) is 4.98 Å². The lowest BCUT2D eigenvalue weighted by molar-refractivity contribution is 0.786. The first-order valence-corrected chi connectivity index (χ1v) is 3.59. The predicted molar refractivity (Wildman–Crippen MR) is 43.5 cm³/mol. The van der Waals surface area contributed by atoms with Gasteiger partial charge in [-0.1, -0.05) is 11.6 Å². The summed E-state index contributed by atoms with van der Waals surface area (Å²) in [6.45, 7) is 0. The molecule has 0 aliphatic carbocycles. The van der Waals surface area contributed by atoms with Gasteiger partial charge in [-0.15, -0.1) is 0 Å². The summed E-state index contributed by atoms with van der Waals surface area (Å²) in [5.41, 5.74) is 0.817. The average molecular weight is 168 g/mol. The van der Waals surface area contributed by atoms with Crippen molar-refractivity contribution in [3.8, 4) is 0 Å². The lowest BCUT2D eigenvalue weighted by atomic mass is 10.4. The molecule has 2 rings (SSSR count). The van der Waals surface area contributed by atoms with Crippen LogP contribution in [-0.2, 0) is 7.05 Å². The predicted octanol–water partition coefficient (Wildman–Crippen LogP) is 1.62. The van der Waals surface area contributed by atoms with Crippen LogP contribution in [0.4, 0.5) is 0 Å². The van der Waals surface area contributed by atoms with E-state index in [0.29, 0.717) is 5.15 Å². The molecule has 0 amide bonds. The molecule has 4 heteroatoms. The molecule has 0 spiro atoms. The minimum Gasteiger partial charge on any atom is -0.250 e. The van der Waals surface area contributed by atoms with E-state index in [1.54, 1.807) is 16.9 Å². The maximum atomic E-state index is 5.70. The fourth-order valence-corrected chi connectivity index (χ4v) is 1.14. The molecule has 2 heterocycles. The number of hydrogen-bond acceptors (Lipinski definition) is 2. The maximum absolute atomic E-state index is 5.70. The van der Waals surface area contributed by atoms with Gasteiger partial charge in [0.2, 0.25) is 0 Å². The monoisotopic (exact) mass is 167 g/mol. The lowest BCUT2D eigenvalue weighted by Gasteiger charge is -1.92. The molecule has 0 unspecified atom stereocenters. The highest BCUT2D eigenvalue weighted by atomic mass is 35.5. The van der Waals surface area contributed by atoms with Crippen molar-refractivity contribution in [2.75, 3.05) is 0 Å². The second-order valence-corrected chi connectivity index (χ2v) is 2.70. The Labute approximate surface area is 68.6 Å². The Morgan fingerprint density at radius 2 is 2.27 bits per heavy atom. The van der Waals surface area contributed by atoms with Gasteiger partial charge in [0.25, 0.3) is 0 Å². The quantitative estimate of drug-likeness (QED) is 0.559. The molecule has 0 saturated carbocycles. The summed E-state index contributed by atoms with van der Waals surface area (Å²) in [4.78, 5) is 4.10. The van der Waals surface area contributed by atoms with Crippen LogP contribution in [0.2, 0.25) is 5.15 Å². The minimum atomic E-state index is 0.501. The molecule has 0 saturated heterocycles. The van der Waals surface area contributed by atoms with Gasteiger partial charge in [0.1, 0.15) is 5.15 Å². The van der Waals surface area contributed by atoms with Crippen LogP contribution in [0.25, 0.3) is 11.0 Å². The van der Waals surface area contributed by atoms with Crippen LogP contribution in [-0.4, -0.2) is 14.8 Å². The van der Waals surface area contributed by atoms with Gasteiger partial charge in [0, 0.05) is 12.4 Å².